The first-order chi connectivity index (χ1) is 16.0. The third-order valence-corrected chi connectivity index (χ3v) is 5.39. The van der Waals surface area contributed by atoms with Gasteiger partial charge in [0.15, 0.2) is 0 Å². The molecular weight excluding hydrogens is 446 g/mol. The Morgan fingerprint density at radius 3 is 2.64 bits per heavy atom. The van der Waals surface area contributed by atoms with Gasteiger partial charge in [0.25, 0.3) is 11.5 Å². The van der Waals surface area contributed by atoms with Crippen molar-refractivity contribution in [1.82, 2.24) is 14.9 Å². The van der Waals surface area contributed by atoms with Crippen LogP contribution in [0.4, 0.5) is 11.5 Å². The Labute approximate surface area is 193 Å². The summed E-state index contributed by atoms with van der Waals surface area (Å²) < 4.78 is 6.29. The first kappa shape index (κ1) is 24.0. The lowest BCUT2D eigenvalue weighted by molar-refractivity contribution is -0.116. The van der Waals surface area contributed by atoms with Crippen molar-refractivity contribution in [2.45, 2.75) is 19.5 Å². The minimum atomic E-state index is -0.664. The molecule has 2 heterocycles. The molecule has 0 fully saturated rings. The summed E-state index contributed by atoms with van der Waals surface area (Å²) in [6, 6.07) is 11.1. The van der Waals surface area contributed by atoms with E-state index in [4.69, 9.17) is 4.74 Å². The van der Waals surface area contributed by atoms with E-state index in [1.54, 1.807) is 16.8 Å². The van der Waals surface area contributed by atoms with Gasteiger partial charge in [0.05, 0.1) is 13.2 Å². The minimum Gasteiger partial charge on any atom is -0.383 e. The maximum Gasteiger partial charge on any atom is 0.330 e. The normalized spacial score (nSPS) is 10.6. The molecule has 2 amide bonds. The van der Waals surface area contributed by atoms with Gasteiger partial charge >= 0.3 is 5.69 Å². The molecule has 0 bridgehead atoms. The summed E-state index contributed by atoms with van der Waals surface area (Å²) in [5.74, 6) is -0.687. The second kappa shape index (κ2) is 11.8. The van der Waals surface area contributed by atoms with Crippen LogP contribution < -0.4 is 27.2 Å². The van der Waals surface area contributed by atoms with Gasteiger partial charge in [-0.1, -0.05) is 30.3 Å². The summed E-state index contributed by atoms with van der Waals surface area (Å²) in [7, 11) is 1.49. The third-order valence-electron chi connectivity index (χ3n) is 4.71. The van der Waals surface area contributed by atoms with Crippen LogP contribution in [0.15, 0.2) is 56.7 Å². The van der Waals surface area contributed by atoms with Crippen molar-refractivity contribution >= 4 is 34.7 Å². The second-order valence-corrected chi connectivity index (χ2v) is 7.81. The van der Waals surface area contributed by atoms with Crippen LogP contribution in [0.2, 0.25) is 0 Å². The number of H-pyrrole nitrogens is 1. The third kappa shape index (κ3) is 6.64. The number of nitrogens with one attached hydrogen (secondary N) is 4. The molecule has 33 heavy (non-hydrogen) atoms. The summed E-state index contributed by atoms with van der Waals surface area (Å²) in [6.07, 6.45) is -0.0424. The lowest BCUT2D eigenvalue weighted by atomic mass is 10.2. The van der Waals surface area contributed by atoms with Crippen molar-refractivity contribution in [3.05, 3.63) is 79.1 Å². The average molecular weight is 472 g/mol. The Bertz CT molecular complexity index is 1190. The SMILES string of the molecule is COCCn1c(NC(=O)CCNC(=O)c2ccsc2)c(NCc2ccccc2)c(=O)[nH]c1=O. The smallest absolute Gasteiger partial charge is 0.330 e. The number of hydrogen-bond donors (Lipinski definition) is 4. The maximum absolute atomic E-state index is 12.6. The van der Waals surface area contributed by atoms with Crippen molar-refractivity contribution in [1.29, 1.82) is 0 Å². The number of nitrogens with zero attached hydrogens (tertiary/aromatic N) is 1. The molecule has 3 aromatic rings. The lowest BCUT2D eigenvalue weighted by Crippen LogP contribution is -2.36. The number of anilines is 2. The van der Waals surface area contributed by atoms with Gasteiger partial charge in [-0.2, -0.15) is 11.3 Å². The van der Waals surface area contributed by atoms with Crippen LogP contribution in [0.3, 0.4) is 0 Å². The molecular formula is C22H25N5O5S. The predicted octanol–water partition coefficient (Wildman–Crippen LogP) is 1.62. The highest BCUT2D eigenvalue weighted by atomic mass is 32.1. The summed E-state index contributed by atoms with van der Waals surface area (Å²) in [6.45, 7) is 0.727. The molecule has 0 atom stereocenters. The van der Waals surface area contributed by atoms with Gasteiger partial charge in [-0.05, 0) is 17.0 Å². The number of amides is 2. The van der Waals surface area contributed by atoms with Crippen LogP contribution in [0.25, 0.3) is 0 Å². The molecule has 174 valence electrons. The molecule has 0 spiro atoms. The number of benzene rings is 1. The van der Waals surface area contributed by atoms with E-state index in [9.17, 15) is 19.2 Å². The second-order valence-electron chi connectivity index (χ2n) is 7.03. The van der Waals surface area contributed by atoms with E-state index in [2.05, 4.69) is 20.9 Å². The van der Waals surface area contributed by atoms with Gasteiger partial charge in [0.1, 0.15) is 11.5 Å². The van der Waals surface area contributed by atoms with Gasteiger partial charge in [-0.3, -0.25) is 23.9 Å². The molecule has 10 nitrogen and oxygen atoms in total. The van der Waals surface area contributed by atoms with E-state index >= 15 is 0 Å². The fourth-order valence-electron chi connectivity index (χ4n) is 3.03. The van der Waals surface area contributed by atoms with E-state index < -0.39 is 17.2 Å². The Morgan fingerprint density at radius 2 is 1.94 bits per heavy atom. The number of thiophene rings is 1. The molecule has 0 aliphatic carbocycles. The van der Waals surface area contributed by atoms with Crippen molar-refractivity contribution < 1.29 is 14.3 Å². The topological polar surface area (TPSA) is 134 Å². The highest BCUT2D eigenvalue weighted by Crippen LogP contribution is 2.17. The average Bonchev–Trinajstić information content (AvgIpc) is 3.34. The Kier molecular flexibility index (Phi) is 8.56. The lowest BCUT2D eigenvalue weighted by Gasteiger charge is -2.18. The zero-order valence-electron chi connectivity index (χ0n) is 18.1. The molecule has 0 radical (unpaired) electrons. The first-order valence-corrected chi connectivity index (χ1v) is 11.2. The highest BCUT2D eigenvalue weighted by molar-refractivity contribution is 7.08. The van der Waals surface area contributed by atoms with E-state index in [0.29, 0.717) is 12.1 Å². The molecule has 1 aromatic carbocycles. The number of methoxy groups -OCH3 is 1. The number of carbonyl (C=O) groups excluding carboxylic acids is 2. The maximum atomic E-state index is 12.6. The fraction of sp³-hybridized carbons (Fsp3) is 0.273. The minimum absolute atomic E-state index is 0.0424. The molecule has 4 N–H and O–H groups in total. The summed E-state index contributed by atoms with van der Waals surface area (Å²) in [5.41, 5.74) is 0.190. The van der Waals surface area contributed by atoms with Crippen LogP contribution in [0.5, 0.6) is 0 Å². The van der Waals surface area contributed by atoms with Gasteiger partial charge in [-0.25, -0.2) is 4.79 Å². The highest BCUT2D eigenvalue weighted by Gasteiger charge is 2.18. The van der Waals surface area contributed by atoms with Crippen molar-refractivity contribution in [3.63, 3.8) is 0 Å². The largest absolute Gasteiger partial charge is 0.383 e. The van der Waals surface area contributed by atoms with Crippen LogP contribution in [0.1, 0.15) is 22.3 Å². The number of rotatable bonds is 11. The van der Waals surface area contributed by atoms with E-state index in [0.717, 1.165) is 5.56 Å². The predicted molar refractivity (Wildman–Crippen MR) is 127 cm³/mol. The molecule has 0 aliphatic heterocycles. The summed E-state index contributed by atoms with van der Waals surface area (Å²) in [5, 5.41) is 11.8. The summed E-state index contributed by atoms with van der Waals surface area (Å²) >= 11 is 1.40. The quantitative estimate of drug-likeness (QED) is 0.336. The van der Waals surface area contributed by atoms with Gasteiger partial charge in [0, 0.05) is 37.6 Å². The number of ether oxygens (including phenoxy) is 1. The molecule has 0 saturated carbocycles. The zero-order valence-corrected chi connectivity index (χ0v) is 18.9. The molecule has 0 unspecified atom stereocenters. The van der Waals surface area contributed by atoms with Crippen molar-refractivity contribution in [2.24, 2.45) is 0 Å². The monoisotopic (exact) mass is 471 g/mol. The van der Waals surface area contributed by atoms with E-state index in [1.807, 2.05) is 30.3 Å². The number of carbonyl (C=O) groups is 2. The number of hydrogen-bond acceptors (Lipinski definition) is 7. The van der Waals surface area contributed by atoms with Crippen LogP contribution in [-0.2, 0) is 22.6 Å². The van der Waals surface area contributed by atoms with Crippen molar-refractivity contribution in [3.8, 4) is 0 Å². The van der Waals surface area contributed by atoms with E-state index in [1.165, 1.54) is 23.0 Å². The van der Waals surface area contributed by atoms with E-state index in [-0.39, 0.29) is 43.5 Å². The zero-order chi connectivity index (χ0) is 23.6. The van der Waals surface area contributed by atoms with Crippen LogP contribution in [-0.4, -0.2) is 41.6 Å². The molecule has 0 saturated heterocycles. The molecule has 3 rings (SSSR count). The van der Waals surface area contributed by atoms with Gasteiger partial charge in [-0.15, -0.1) is 0 Å². The molecule has 2 aromatic heterocycles. The molecule has 0 aliphatic rings. The Balaban J connectivity index is 1.76. The summed E-state index contributed by atoms with van der Waals surface area (Å²) in [4.78, 5) is 51.9. The standard InChI is InChI=1S/C22H25N5O5S/c1-32-11-10-27-19(25-17(28)7-9-23-20(29)16-8-12-33-14-16)18(21(30)26-22(27)31)24-13-15-5-3-2-4-6-15/h2-6,8,12,14,24H,7,9-11,13H2,1H3,(H,23,29)(H,25,28)(H,26,30,31). The number of aromatic nitrogens is 2. The Morgan fingerprint density at radius 1 is 1.15 bits per heavy atom. The fourth-order valence-corrected chi connectivity index (χ4v) is 3.66. The van der Waals surface area contributed by atoms with Gasteiger partial charge in [0.2, 0.25) is 5.91 Å². The van der Waals surface area contributed by atoms with Crippen molar-refractivity contribution in [2.75, 3.05) is 30.9 Å². The molecule has 11 heteroatoms. The van der Waals surface area contributed by atoms with Crippen LogP contribution in [0, 0.1) is 0 Å². The van der Waals surface area contributed by atoms with Crippen LogP contribution >= 0.6 is 11.3 Å². The van der Waals surface area contributed by atoms with Gasteiger partial charge < -0.3 is 20.7 Å². The first-order valence-electron chi connectivity index (χ1n) is 10.2. The Hall–Kier alpha value is -3.70. The number of aromatic amines is 1.